The molecule has 0 bridgehead atoms. The van der Waals surface area contributed by atoms with Crippen LogP contribution in [0.4, 0.5) is 0 Å². The Morgan fingerprint density at radius 3 is 2.61 bits per heavy atom. The summed E-state index contributed by atoms with van der Waals surface area (Å²) < 4.78 is 1.72. The first-order valence-electron chi connectivity index (χ1n) is 5.55. The summed E-state index contributed by atoms with van der Waals surface area (Å²) in [6.45, 7) is 4.49. The molecule has 0 aliphatic heterocycles. The van der Waals surface area contributed by atoms with E-state index in [-0.39, 0.29) is 5.84 Å². The summed E-state index contributed by atoms with van der Waals surface area (Å²) in [6, 6.07) is 8.18. The van der Waals surface area contributed by atoms with Crippen molar-refractivity contribution in [3.8, 4) is 0 Å². The SMILES string of the molecule is Cc1ccc(Cn2nnc(/C(N)=N/O)c2C)cc1. The number of amidine groups is 1. The Balaban J connectivity index is 2.25. The van der Waals surface area contributed by atoms with Crippen LogP contribution in [0.15, 0.2) is 29.4 Å². The molecule has 3 N–H and O–H groups in total. The van der Waals surface area contributed by atoms with E-state index in [2.05, 4.69) is 15.5 Å². The fourth-order valence-corrected chi connectivity index (χ4v) is 1.66. The lowest BCUT2D eigenvalue weighted by Gasteiger charge is -2.04. The van der Waals surface area contributed by atoms with Crippen LogP contribution in [0.3, 0.4) is 0 Å². The van der Waals surface area contributed by atoms with Crippen molar-refractivity contribution in [1.29, 1.82) is 0 Å². The summed E-state index contributed by atoms with van der Waals surface area (Å²) in [7, 11) is 0. The first kappa shape index (κ1) is 12.1. The highest BCUT2D eigenvalue weighted by Gasteiger charge is 2.12. The Kier molecular flexibility index (Phi) is 3.27. The summed E-state index contributed by atoms with van der Waals surface area (Å²) in [6.07, 6.45) is 0. The maximum Gasteiger partial charge on any atom is 0.192 e. The molecule has 0 saturated heterocycles. The third kappa shape index (κ3) is 2.32. The van der Waals surface area contributed by atoms with Crippen molar-refractivity contribution in [3.05, 3.63) is 46.8 Å². The lowest BCUT2D eigenvalue weighted by Crippen LogP contribution is -2.15. The molecule has 94 valence electrons. The zero-order valence-corrected chi connectivity index (χ0v) is 10.3. The van der Waals surface area contributed by atoms with Gasteiger partial charge in [-0.1, -0.05) is 40.2 Å². The number of aryl methyl sites for hydroxylation is 1. The molecule has 2 rings (SSSR count). The molecule has 0 radical (unpaired) electrons. The van der Waals surface area contributed by atoms with Gasteiger partial charge in [0.05, 0.1) is 12.2 Å². The molecular weight excluding hydrogens is 230 g/mol. The van der Waals surface area contributed by atoms with Crippen molar-refractivity contribution in [2.24, 2.45) is 10.9 Å². The molecule has 0 aliphatic rings. The molecule has 1 aromatic carbocycles. The summed E-state index contributed by atoms with van der Waals surface area (Å²) in [5, 5.41) is 19.5. The van der Waals surface area contributed by atoms with Gasteiger partial charge in [0.25, 0.3) is 0 Å². The lowest BCUT2D eigenvalue weighted by molar-refractivity contribution is 0.318. The largest absolute Gasteiger partial charge is 0.409 e. The van der Waals surface area contributed by atoms with Crippen LogP contribution in [0.1, 0.15) is 22.5 Å². The van der Waals surface area contributed by atoms with Crippen molar-refractivity contribution >= 4 is 5.84 Å². The van der Waals surface area contributed by atoms with E-state index in [1.807, 2.05) is 38.1 Å². The molecule has 2 aromatic rings. The predicted octanol–water partition coefficient (Wildman–Crippen LogP) is 1.04. The van der Waals surface area contributed by atoms with Gasteiger partial charge in [-0.2, -0.15) is 0 Å². The zero-order chi connectivity index (χ0) is 13.1. The van der Waals surface area contributed by atoms with Crippen LogP contribution in [0.5, 0.6) is 0 Å². The second-order valence-corrected chi connectivity index (χ2v) is 4.15. The van der Waals surface area contributed by atoms with Crippen molar-refractivity contribution in [3.63, 3.8) is 0 Å². The Labute approximate surface area is 105 Å². The fourth-order valence-electron chi connectivity index (χ4n) is 1.66. The number of hydrogen-bond acceptors (Lipinski definition) is 4. The van der Waals surface area contributed by atoms with Gasteiger partial charge < -0.3 is 10.9 Å². The summed E-state index contributed by atoms with van der Waals surface area (Å²) in [4.78, 5) is 0. The van der Waals surface area contributed by atoms with Gasteiger partial charge in [0.15, 0.2) is 11.5 Å². The molecule has 1 heterocycles. The van der Waals surface area contributed by atoms with E-state index < -0.39 is 0 Å². The van der Waals surface area contributed by atoms with Gasteiger partial charge >= 0.3 is 0 Å². The molecule has 1 aromatic heterocycles. The zero-order valence-electron chi connectivity index (χ0n) is 10.3. The minimum atomic E-state index is -0.0253. The molecule has 0 saturated carbocycles. The smallest absolute Gasteiger partial charge is 0.192 e. The van der Waals surface area contributed by atoms with Crippen molar-refractivity contribution in [1.82, 2.24) is 15.0 Å². The standard InChI is InChI=1S/C12H15N5O/c1-8-3-5-10(6-4-8)7-17-9(2)11(14-16-17)12(13)15-18/h3-6,18H,7H2,1-2H3,(H2,13,15). The van der Waals surface area contributed by atoms with Crippen LogP contribution in [0.2, 0.25) is 0 Å². The maximum absolute atomic E-state index is 8.63. The predicted molar refractivity (Wildman–Crippen MR) is 67.6 cm³/mol. The van der Waals surface area contributed by atoms with E-state index in [1.165, 1.54) is 5.56 Å². The second kappa shape index (κ2) is 4.87. The van der Waals surface area contributed by atoms with Crippen LogP contribution >= 0.6 is 0 Å². The van der Waals surface area contributed by atoms with E-state index in [0.29, 0.717) is 12.2 Å². The van der Waals surface area contributed by atoms with Gasteiger partial charge in [-0.25, -0.2) is 4.68 Å². The first-order valence-corrected chi connectivity index (χ1v) is 5.55. The van der Waals surface area contributed by atoms with Gasteiger partial charge in [0.1, 0.15) is 0 Å². The quantitative estimate of drug-likeness (QED) is 0.366. The third-order valence-electron chi connectivity index (χ3n) is 2.79. The van der Waals surface area contributed by atoms with Crippen LogP contribution < -0.4 is 5.73 Å². The minimum absolute atomic E-state index is 0.0253. The molecular formula is C12H15N5O. The monoisotopic (exact) mass is 245 g/mol. The van der Waals surface area contributed by atoms with E-state index in [0.717, 1.165) is 11.3 Å². The third-order valence-corrected chi connectivity index (χ3v) is 2.79. The van der Waals surface area contributed by atoms with E-state index in [9.17, 15) is 0 Å². The highest BCUT2D eigenvalue weighted by Crippen LogP contribution is 2.08. The molecule has 0 amide bonds. The summed E-state index contributed by atoms with van der Waals surface area (Å²) in [5.74, 6) is -0.0253. The molecule has 6 heteroatoms. The molecule has 0 fully saturated rings. The van der Waals surface area contributed by atoms with E-state index in [4.69, 9.17) is 10.9 Å². The number of oxime groups is 1. The highest BCUT2D eigenvalue weighted by molar-refractivity contribution is 5.95. The summed E-state index contributed by atoms with van der Waals surface area (Å²) in [5.41, 5.74) is 9.02. The van der Waals surface area contributed by atoms with Crippen LogP contribution in [0, 0.1) is 13.8 Å². The van der Waals surface area contributed by atoms with Gasteiger partial charge in [-0.05, 0) is 19.4 Å². The molecule has 0 aliphatic carbocycles. The van der Waals surface area contributed by atoms with Gasteiger partial charge in [0.2, 0.25) is 0 Å². The van der Waals surface area contributed by atoms with E-state index in [1.54, 1.807) is 4.68 Å². The molecule has 0 atom stereocenters. The van der Waals surface area contributed by atoms with Crippen LogP contribution in [-0.4, -0.2) is 26.0 Å². The Morgan fingerprint density at radius 2 is 2.00 bits per heavy atom. The number of nitrogens with two attached hydrogens (primary N) is 1. The number of rotatable bonds is 3. The average Bonchev–Trinajstić information content (AvgIpc) is 2.73. The second-order valence-electron chi connectivity index (χ2n) is 4.15. The number of benzene rings is 1. The molecule has 6 nitrogen and oxygen atoms in total. The summed E-state index contributed by atoms with van der Waals surface area (Å²) >= 11 is 0. The van der Waals surface area contributed by atoms with Crippen LogP contribution in [-0.2, 0) is 6.54 Å². The highest BCUT2D eigenvalue weighted by atomic mass is 16.4. The van der Waals surface area contributed by atoms with Crippen molar-refractivity contribution in [2.75, 3.05) is 0 Å². The van der Waals surface area contributed by atoms with Gasteiger partial charge in [0, 0.05) is 0 Å². The molecule has 18 heavy (non-hydrogen) atoms. The van der Waals surface area contributed by atoms with Crippen molar-refractivity contribution < 1.29 is 5.21 Å². The maximum atomic E-state index is 8.63. The van der Waals surface area contributed by atoms with Crippen molar-refractivity contribution in [2.45, 2.75) is 20.4 Å². The first-order chi connectivity index (χ1) is 8.61. The van der Waals surface area contributed by atoms with Gasteiger partial charge in [-0.15, -0.1) is 5.10 Å². The minimum Gasteiger partial charge on any atom is -0.409 e. The molecule has 0 unspecified atom stereocenters. The Hall–Kier alpha value is -2.37. The van der Waals surface area contributed by atoms with E-state index >= 15 is 0 Å². The van der Waals surface area contributed by atoms with Gasteiger partial charge in [-0.3, -0.25) is 0 Å². The topological polar surface area (TPSA) is 89.3 Å². The number of hydrogen-bond donors (Lipinski definition) is 2. The number of aromatic nitrogens is 3. The lowest BCUT2D eigenvalue weighted by atomic mass is 10.1. The molecule has 0 spiro atoms. The van der Waals surface area contributed by atoms with Crippen LogP contribution in [0.25, 0.3) is 0 Å². The average molecular weight is 245 g/mol. The normalized spacial score (nSPS) is 11.8. The number of nitrogens with zero attached hydrogens (tertiary/aromatic N) is 4. The fraction of sp³-hybridized carbons (Fsp3) is 0.250. The Bertz CT molecular complexity index is 571. The Morgan fingerprint density at radius 1 is 1.33 bits per heavy atom.